The lowest BCUT2D eigenvalue weighted by Crippen LogP contribution is -2.40. The first-order valence-electron chi connectivity index (χ1n) is 6.69. The zero-order valence-corrected chi connectivity index (χ0v) is 12.4. The van der Waals surface area contributed by atoms with Crippen LogP contribution >= 0.6 is 11.6 Å². The van der Waals surface area contributed by atoms with Gasteiger partial charge in [0.25, 0.3) is 0 Å². The van der Waals surface area contributed by atoms with E-state index in [2.05, 4.69) is 26.1 Å². The van der Waals surface area contributed by atoms with Gasteiger partial charge in [0.05, 0.1) is 12.2 Å². The Kier molecular flexibility index (Phi) is 6.69. The second kappa shape index (κ2) is 7.78. The minimum absolute atomic E-state index is 0.114. The first-order chi connectivity index (χ1) is 8.59. The molecule has 0 bridgehead atoms. The Bertz CT molecular complexity index is 356. The number of benzene rings is 1. The molecule has 3 heteroatoms. The highest BCUT2D eigenvalue weighted by Crippen LogP contribution is 2.18. The Morgan fingerprint density at radius 2 is 2.11 bits per heavy atom. The molecule has 0 amide bonds. The number of rotatable bonds is 8. The van der Waals surface area contributed by atoms with E-state index in [0.29, 0.717) is 6.61 Å². The molecule has 2 nitrogen and oxygen atoms in total. The average molecular weight is 270 g/mol. The Balaban J connectivity index is 2.47. The average Bonchev–Trinajstić information content (AvgIpc) is 2.37. The summed E-state index contributed by atoms with van der Waals surface area (Å²) in [4.78, 5) is 0. The van der Waals surface area contributed by atoms with Gasteiger partial charge in [-0.05, 0) is 44.0 Å². The zero-order chi connectivity index (χ0) is 13.4. The van der Waals surface area contributed by atoms with E-state index in [1.807, 2.05) is 24.3 Å². The number of nitrogens with one attached hydrogen (secondary N) is 1. The first kappa shape index (κ1) is 15.5. The molecule has 102 valence electrons. The van der Waals surface area contributed by atoms with Gasteiger partial charge in [-0.3, -0.25) is 0 Å². The summed E-state index contributed by atoms with van der Waals surface area (Å²) in [5.41, 5.74) is 1.01. The topological polar surface area (TPSA) is 21.3 Å². The molecule has 18 heavy (non-hydrogen) atoms. The van der Waals surface area contributed by atoms with Crippen molar-refractivity contribution in [2.45, 2.75) is 45.8 Å². The van der Waals surface area contributed by atoms with Crippen LogP contribution in [0.5, 0.6) is 0 Å². The van der Waals surface area contributed by atoms with E-state index in [-0.39, 0.29) is 5.60 Å². The lowest BCUT2D eigenvalue weighted by Gasteiger charge is -2.29. The fourth-order valence-electron chi connectivity index (χ4n) is 1.69. The molecule has 1 N–H and O–H groups in total. The van der Waals surface area contributed by atoms with E-state index >= 15 is 0 Å². The van der Waals surface area contributed by atoms with Crippen LogP contribution in [-0.4, -0.2) is 18.7 Å². The van der Waals surface area contributed by atoms with Crippen molar-refractivity contribution in [3.05, 3.63) is 34.9 Å². The molecule has 0 heterocycles. The fraction of sp³-hybridized carbons (Fsp3) is 0.600. The first-order valence-corrected chi connectivity index (χ1v) is 7.06. The van der Waals surface area contributed by atoms with Crippen LogP contribution in [0.3, 0.4) is 0 Å². The maximum atomic E-state index is 6.05. The second-order valence-electron chi connectivity index (χ2n) is 4.90. The minimum Gasteiger partial charge on any atom is -0.369 e. The van der Waals surface area contributed by atoms with Crippen molar-refractivity contribution in [3.63, 3.8) is 0 Å². The molecule has 1 aromatic rings. The summed E-state index contributed by atoms with van der Waals surface area (Å²) in [7, 11) is 0. The van der Waals surface area contributed by atoms with E-state index < -0.39 is 0 Å². The lowest BCUT2D eigenvalue weighted by molar-refractivity contribution is -0.0442. The third-order valence-corrected chi connectivity index (χ3v) is 3.39. The summed E-state index contributed by atoms with van der Waals surface area (Å²) in [6.45, 7) is 9.02. The van der Waals surface area contributed by atoms with E-state index in [4.69, 9.17) is 16.3 Å². The van der Waals surface area contributed by atoms with Gasteiger partial charge < -0.3 is 10.1 Å². The van der Waals surface area contributed by atoms with Crippen LogP contribution in [0.4, 0.5) is 0 Å². The second-order valence-corrected chi connectivity index (χ2v) is 5.34. The van der Waals surface area contributed by atoms with Crippen molar-refractivity contribution < 1.29 is 4.74 Å². The maximum absolute atomic E-state index is 6.05. The third kappa shape index (κ3) is 5.38. The maximum Gasteiger partial charge on any atom is 0.0780 e. The minimum atomic E-state index is -0.114. The molecule has 1 aromatic carbocycles. The van der Waals surface area contributed by atoms with E-state index in [9.17, 15) is 0 Å². The normalized spacial score (nSPS) is 14.4. The van der Waals surface area contributed by atoms with Gasteiger partial charge in [-0.15, -0.1) is 0 Å². The summed E-state index contributed by atoms with van der Waals surface area (Å²) >= 11 is 5.96. The molecule has 0 aromatic heterocycles. The van der Waals surface area contributed by atoms with Crippen LogP contribution in [0.25, 0.3) is 0 Å². The zero-order valence-electron chi connectivity index (χ0n) is 11.6. The molecular formula is C15H24ClNO. The van der Waals surface area contributed by atoms with Gasteiger partial charge in [-0.25, -0.2) is 0 Å². The van der Waals surface area contributed by atoms with Crippen molar-refractivity contribution in [2.75, 3.05) is 13.1 Å². The molecular weight excluding hydrogens is 246 g/mol. The fourth-order valence-corrected chi connectivity index (χ4v) is 1.90. The van der Waals surface area contributed by atoms with Gasteiger partial charge in [-0.1, -0.05) is 37.6 Å². The monoisotopic (exact) mass is 269 g/mol. The summed E-state index contributed by atoms with van der Waals surface area (Å²) in [5, 5.41) is 4.19. The molecule has 1 unspecified atom stereocenters. The third-order valence-electron chi connectivity index (χ3n) is 3.15. The summed E-state index contributed by atoms with van der Waals surface area (Å²) in [6.07, 6.45) is 2.14. The summed E-state index contributed by atoms with van der Waals surface area (Å²) in [6, 6.07) is 7.84. The smallest absolute Gasteiger partial charge is 0.0780 e. The van der Waals surface area contributed by atoms with Gasteiger partial charge in [-0.2, -0.15) is 0 Å². The van der Waals surface area contributed by atoms with Crippen molar-refractivity contribution in [3.8, 4) is 0 Å². The van der Waals surface area contributed by atoms with Crippen LogP contribution in [0.2, 0.25) is 5.02 Å². The Morgan fingerprint density at radius 1 is 1.33 bits per heavy atom. The molecule has 0 fully saturated rings. The van der Waals surface area contributed by atoms with Crippen molar-refractivity contribution in [1.82, 2.24) is 5.32 Å². The molecule has 0 aliphatic carbocycles. The summed E-state index contributed by atoms with van der Waals surface area (Å²) in [5.74, 6) is 0. The molecule has 1 atom stereocenters. The largest absolute Gasteiger partial charge is 0.369 e. The molecule has 0 saturated carbocycles. The van der Waals surface area contributed by atoms with Crippen LogP contribution < -0.4 is 5.32 Å². The highest BCUT2D eigenvalue weighted by Gasteiger charge is 2.22. The number of halogens is 1. The van der Waals surface area contributed by atoms with Crippen molar-refractivity contribution >= 4 is 11.6 Å². The van der Waals surface area contributed by atoms with Gasteiger partial charge in [0.1, 0.15) is 0 Å². The van der Waals surface area contributed by atoms with Gasteiger partial charge in [0.2, 0.25) is 0 Å². The SMILES string of the molecule is CCCNCC(C)(CC)OCc1cccc(Cl)c1. The molecule has 0 radical (unpaired) electrons. The molecule has 0 aliphatic rings. The quantitative estimate of drug-likeness (QED) is 0.720. The van der Waals surface area contributed by atoms with Gasteiger partial charge in [0.15, 0.2) is 0 Å². The van der Waals surface area contributed by atoms with Crippen LogP contribution in [-0.2, 0) is 11.3 Å². The van der Waals surface area contributed by atoms with Crippen molar-refractivity contribution in [2.24, 2.45) is 0 Å². The predicted molar refractivity (Wildman–Crippen MR) is 78.1 cm³/mol. The van der Waals surface area contributed by atoms with E-state index in [0.717, 1.165) is 36.5 Å². The molecule has 0 saturated heterocycles. The molecule has 0 aliphatic heterocycles. The van der Waals surface area contributed by atoms with Gasteiger partial charge in [0, 0.05) is 11.6 Å². The molecule has 1 rings (SSSR count). The summed E-state index contributed by atoms with van der Waals surface area (Å²) < 4.78 is 6.05. The number of hydrogen-bond donors (Lipinski definition) is 1. The van der Waals surface area contributed by atoms with Gasteiger partial charge >= 0.3 is 0 Å². The van der Waals surface area contributed by atoms with Crippen LogP contribution in [0.15, 0.2) is 24.3 Å². The lowest BCUT2D eigenvalue weighted by atomic mass is 10.0. The van der Waals surface area contributed by atoms with Crippen LogP contribution in [0.1, 0.15) is 39.2 Å². The van der Waals surface area contributed by atoms with Crippen molar-refractivity contribution in [1.29, 1.82) is 0 Å². The van der Waals surface area contributed by atoms with Crippen LogP contribution in [0, 0.1) is 0 Å². The Morgan fingerprint density at radius 3 is 2.72 bits per heavy atom. The predicted octanol–water partition coefficient (Wildman–Crippen LogP) is 4.02. The van der Waals surface area contributed by atoms with E-state index in [1.54, 1.807) is 0 Å². The Labute approximate surface area is 116 Å². The number of hydrogen-bond acceptors (Lipinski definition) is 2. The highest BCUT2D eigenvalue weighted by atomic mass is 35.5. The highest BCUT2D eigenvalue weighted by molar-refractivity contribution is 6.30. The standard InChI is InChI=1S/C15H24ClNO/c1-4-9-17-12-15(3,5-2)18-11-13-7-6-8-14(16)10-13/h6-8,10,17H,4-5,9,11-12H2,1-3H3. The van der Waals surface area contributed by atoms with E-state index in [1.165, 1.54) is 0 Å². The number of ether oxygens (including phenoxy) is 1. The molecule has 0 spiro atoms. The Hall–Kier alpha value is -0.570.